The van der Waals surface area contributed by atoms with Crippen molar-refractivity contribution in [1.29, 1.82) is 0 Å². The number of carbonyl (C=O) groups is 1. The van der Waals surface area contributed by atoms with Crippen LogP contribution in [0.15, 0.2) is 18.7 Å². The number of aromatic nitrogens is 2. The lowest BCUT2D eigenvalue weighted by molar-refractivity contribution is -0.131. The maximum atomic E-state index is 12.1. The van der Waals surface area contributed by atoms with Crippen molar-refractivity contribution in [1.82, 2.24) is 14.9 Å². The molecular formula is C14H23N3O. The minimum absolute atomic E-state index is 0.245. The Balaban J connectivity index is 2.40. The second kappa shape index (κ2) is 8.61. The van der Waals surface area contributed by atoms with Crippen molar-refractivity contribution in [3.8, 4) is 0 Å². The van der Waals surface area contributed by atoms with Gasteiger partial charge in [0.15, 0.2) is 0 Å². The lowest BCUT2D eigenvalue weighted by atomic mass is 10.1. The molecule has 0 aliphatic heterocycles. The summed E-state index contributed by atoms with van der Waals surface area (Å²) >= 11 is 0. The van der Waals surface area contributed by atoms with Crippen LogP contribution in [-0.2, 0) is 11.2 Å². The van der Waals surface area contributed by atoms with E-state index in [4.69, 9.17) is 0 Å². The molecule has 0 spiro atoms. The topological polar surface area (TPSA) is 46.1 Å². The third-order valence-electron chi connectivity index (χ3n) is 2.87. The van der Waals surface area contributed by atoms with Crippen LogP contribution in [0.3, 0.4) is 0 Å². The van der Waals surface area contributed by atoms with E-state index in [1.165, 1.54) is 6.33 Å². The number of hydrogen-bond donors (Lipinski definition) is 0. The summed E-state index contributed by atoms with van der Waals surface area (Å²) in [6, 6.07) is 0. The van der Waals surface area contributed by atoms with Gasteiger partial charge in [0.2, 0.25) is 5.91 Å². The fourth-order valence-corrected chi connectivity index (χ4v) is 1.85. The fourth-order valence-electron chi connectivity index (χ4n) is 1.85. The second-order valence-electron chi connectivity index (χ2n) is 4.48. The summed E-state index contributed by atoms with van der Waals surface area (Å²) in [5.41, 5.74) is 1.03. The standard InChI is InChI=1S/C14H23N3O/c1-3-5-9-17(8-4-2)14(18)7-6-13-10-15-12-16-11-13/h10-12H,3-9H2,1-2H3. The molecule has 0 aliphatic carbocycles. The van der Waals surface area contributed by atoms with Gasteiger partial charge in [-0.15, -0.1) is 0 Å². The quantitative estimate of drug-likeness (QED) is 0.711. The lowest BCUT2D eigenvalue weighted by Crippen LogP contribution is -2.32. The molecule has 0 atom stereocenters. The van der Waals surface area contributed by atoms with Crippen LogP contribution in [-0.4, -0.2) is 33.9 Å². The summed E-state index contributed by atoms with van der Waals surface area (Å²) in [5, 5.41) is 0. The maximum absolute atomic E-state index is 12.1. The molecule has 0 aromatic carbocycles. The molecule has 0 aliphatic rings. The number of unbranched alkanes of at least 4 members (excludes halogenated alkanes) is 1. The molecule has 1 aromatic heterocycles. The number of carbonyl (C=O) groups excluding carboxylic acids is 1. The molecule has 0 N–H and O–H groups in total. The number of nitrogens with zero attached hydrogens (tertiary/aromatic N) is 3. The van der Waals surface area contributed by atoms with Gasteiger partial charge in [-0.05, 0) is 24.8 Å². The van der Waals surface area contributed by atoms with E-state index in [9.17, 15) is 4.79 Å². The second-order valence-corrected chi connectivity index (χ2v) is 4.48. The predicted octanol–water partition coefficient (Wildman–Crippen LogP) is 2.45. The molecular weight excluding hydrogens is 226 g/mol. The summed E-state index contributed by atoms with van der Waals surface area (Å²) in [4.78, 5) is 22.0. The minimum Gasteiger partial charge on any atom is -0.343 e. The SMILES string of the molecule is CCCCN(CCC)C(=O)CCc1cncnc1. The number of aryl methyl sites for hydroxylation is 1. The Kier molecular flexibility index (Phi) is 6.99. The molecule has 4 heteroatoms. The third-order valence-corrected chi connectivity index (χ3v) is 2.87. The highest BCUT2D eigenvalue weighted by molar-refractivity contribution is 5.76. The normalized spacial score (nSPS) is 10.3. The van der Waals surface area contributed by atoms with Crippen molar-refractivity contribution in [3.05, 3.63) is 24.3 Å². The van der Waals surface area contributed by atoms with Crippen LogP contribution >= 0.6 is 0 Å². The zero-order chi connectivity index (χ0) is 13.2. The van der Waals surface area contributed by atoms with E-state index in [-0.39, 0.29) is 5.91 Å². The van der Waals surface area contributed by atoms with Crippen LogP contribution in [0.2, 0.25) is 0 Å². The first-order valence-electron chi connectivity index (χ1n) is 6.79. The van der Waals surface area contributed by atoms with Crippen LogP contribution in [0.1, 0.15) is 45.1 Å². The van der Waals surface area contributed by atoms with E-state index < -0.39 is 0 Å². The summed E-state index contributed by atoms with van der Waals surface area (Å²) in [7, 11) is 0. The van der Waals surface area contributed by atoms with E-state index in [1.54, 1.807) is 12.4 Å². The molecule has 0 fully saturated rings. The van der Waals surface area contributed by atoms with Gasteiger partial charge in [-0.3, -0.25) is 4.79 Å². The maximum Gasteiger partial charge on any atom is 0.222 e. The van der Waals surface area contributed by atoms with Crippen LogP contribution in [0.5, 0.6) is 0 Å². The smallest absolute Gasteiger partial charge is 0.222 e. The summed E-state index contributed by atoms with van der Waals surface area (Å²) in [5.74, 6) is 0.245. The highest BCUT2D eigenvalue weighted by Gasteiger charge is 2.11. The van der Waals surface area contributed by atoms with E-state index in [1.807, 2.05) is 4.90 Å². The van der Waals surface area contributed by atoms with Gasteiger partial charge in [0.1, 0.15) is 6.33 Å². The van der Waals surface area contributed by atoms with Gasteiger partial charge in [-0.1, -0.05) is 20.3 Å². The Morgan fingerprint density at radius 1 is 1.17 bits per heavy atom. The molecule has 0 radical (unpaired) electrons. The van der Waals surface area contributed by atoms with Gasteiger partial charge >= 0.3 is 0 Å². The molecule has 0 saturated carbocycles. The van der Waals surface area contributed by atoms with Crippen molar-refractivity contribution in [3.63, 3.8) is 0 Å². The van der Waals surface area contributed by atoms with E-state index in [0.29, 0.717) is 6.42 Å². The molecule has 18 heavy (non-hydrogen) atoms. The van der Waals surface area contributed by atoms with Gasteiger partial charge in [0.25, 0.3) is 0 Å². The van der Waals surface area contributed by atoms with Gasteiger partial charge < -0.3 is 4.90 Å². The lowest BCUT2D eigenvalue weighted by Gasteiger charge is -2.21. The first-order chi connectivity index (χ1) is 8.77. The Labute approximate surface area is 109 Å². The van der Waals surface area contributed by atoms with Gasteiger partial charge in [0.05, 0.1) is 0 Å². The zero-order valence-electron chi connectivity index (χ0n) is 11.4. The van der Waals surface area contributed by atoms with Crippen molar-refractivity contribution < 1.29 is 4.79 Å². The average Bonchev–Trinajstić information content (AvgIpc) is 2.42. The van der Waals surface area contributed by atoms with Crippen molar-refractivity contribution in [2.24, 2.45) is 0 Å². The molecule has 0 unspecified atom stereocenters. The molecule has 1 aromatic rings. The first-order valence-corrected chi connectivity index (χ1v) is 6.79. The van der Waals surface area contributed by atoms with Crippen LogP contribution in [0.4, 0.5) is 0 Å². The number of amides is 1. The molecule has 100 valence electrons. The largest absolute Gasteiger partial charge is 0.343 e. The zero-order valence-corrected chi connectivity index (χ0v) is 11.4. The first kappa shape index (κ1) is 14.6. The van der Waals surface area contributed by atoms with Gasteiger partial charge in [0, 0.05) is 31.9 Å². The third kappa shape index (κ3) is 5.25. The fraction of sp³-hybridized carbons (Fsp3) is 0.643. The van der Waals surface area contributed by atoms with E-state index in [2.05, 4.69) is 23.8 Å². The molecule has 4 nitrogen and oxygen atoms in total. The molecule has 1 amide bonds. The summed E-state index contributed by atoms with van der Waals surface area (Å²) in [6.45, 7) is 6.01. The molecule has 0 saturated heterocycles. The Morgan fingerprint density at radius 2 is 1.89 bits per heavy atom. The highest BCUT2D eigenvalue weighted by atomic mass is 16.2. The number of hydrogen-bond acceptors (Lipinski definition) is 3. The average molecular weight is 249 g/mol. The predicted molar refractivity (Wildman–Crippen MR) is 72.1 cm³/mol. The van der Waals surface area contributed by atoms with Crippen molar-refractivity contribution in [2.45, 2.75) is 46.0 Å². The Bertz CT molecular complexity index is 340. The Hall–Kier alpha value is -1.45. The van der Waals surface area contributed by atoms with Crippen molar-refractivity contribution >= 4 is 5.91 Å². The van der Waals surface area contributed by atoms with Crippen LogP contribution in [0, 0.1) is 0 Å². The molecule has 1 rings (SSSR count). The molecule has 0 bridgehead atoms. The highest BCUT2D eigenvalue weighted by Crippen LogP contribution is 2.05. The summed E-state index contributed by atoms with van der Waals surface area (Å²) < 4.78 is 0. The van der Waals surface area contributed by atoms with Crippen LogP contribution in [0.25, 0.3) is 0 Å². The molecule has 1 heterocycles. The Morgan fingerprint density at radius 3 is 2.50 bits per heavy atom. The van der Waals surface area contributed by atoms with Crippen LogP contribution < -0.4 is 0 Å². The van der Waals surface area contributed by atoms with E-state index >= 15 is 0 Å². The van der Waals surface area contributed by atoms with Crippen molar-refractivity contribution in [2.75, 3.05) is 13.1 Å². The minimum atomic E-state index is 0.245. The van der Waals surface area contributed by atoms with Gasteiger partial charge in [-0.2, -0.15) is 0 Å². The monoisotopic (exact) mass is 249 g/mol. The van der Waals surface area contributed by atoms with E-state index in [0.717, 1.165) is 44.3 Å². The van der Waals surface area contributed by atoms with Gasteiger partial charge in [-0.25, -0.2) is 9.97 Å². The number of rotatable bonds is 8. The summed E-state index contributed by atoms with van der Waals surface area (Å²) in [6.07, 6.45) is 9.57.